The fraction of sp³-hybridized carbons (Fsp3) is 0.500. The van der Waals surface area contributed by atoms with E-state index in [1.165, 1.54) is 10.4 Å². The number of hydrogen-bond donors (Lipinski definition) is 1. The van der Waals surface area contributed by atoms with Crippen molar-refractivity contribution in [2.45, 2.75) is 46.2 Å². The predicted molar refractivity (Wildman–Crippen MR) is 91.7 cm³/mol. The minimum absolute atomic E-state index is 0.00484. The number of fused-ring (bicyclic) bond motifs is 1. The second kappa shape index (κ2) is 6.01. The van der Waals surface area contributed by atoms with Crippen LogP contribution in [0.4, 0.5) is 4.79 Å². The lowest BCUT2D eigenvalue weighted by molar-refractivity contribution is 0.172. The lowest BCUT2D eigenvalue weighted by Crippen LogP contribution is -2.45. The largest absolute Gasteiger partial charge is 0.331 e. The van der Waals surface area contributed by atoms with Gasteiger partial charge in [-0.2, -0.15) is 0 Å². The van der Waals surface area contributed by atoms with Crippen LogP contribution in [-0.4, -0.2) is 22.5 Å². The van der Waals surface area contributed by atoms with Crippen molar-refractivity contribution in [3.05, 3.63) is 37.5 Å². The molecule has 2 aromatic heterocycles. The summed E-state index contributed by atoms with van der Waals surface area (Å²) in [6.07, 6.45) is 0.956. The van der Waals surface area contributed by atoms with E-state index in [9.17, 15) is 4.79 Å². The summed E-state index contributed by atoms with van der Waals surface area (Å²) in [6, 6.07) is 2.30. The Morgan fingerprint density at radius 1 is 1.50 bits per heavy atom. The predicted octanol–water partition coefficient (Wildman–Crippen LogP) is 4.21. The molecule has 0 saturated carbocycles. The van der Waals surface area contributed by atoms with Gasteiger partial charge in [-0.05, 0) is 51.1 Å². The highest BCUT2D eigenvalue weighted by Crippen LogP contribution is 2.33. The van der Waals surface area contributed by atoms with Gasteiger partial charge < -0.3 is 10.2 Å². The first-order valence-corrected chi connectivity index (χ1v) is 9.24. The van der Waals surface area contributed by atoms with Crippen LogP contribution in [0, 0.1) is 13.8 Å². The van der Waals surface area contributed by atoms with Crippen LogP contribution < -0.4 is 5.32 Å². The van der Waals surface area contributed by atoms with Crippen LogP contribution in [0.15, 0.2) is 11.4 Å². The summed E-state index contributed by atoms with van der Waals surface area (Å²) in [4.78, 5) is 21.6. The molecule has 0 aromatic carbocycles. The van der Waals surface area contributed by atoms with E-state index in [0.717, 1.165) is 28.5 Å². The molecule has 22 heavy (non-hydrogen) atoms. The third kappa shape index (κ3) is 2.77. The van der Waals surface area contributed by atoms with Gasteiger partial charge in [-0.3, -0.25) is 0 Å². The van der Waals surface area contributed by atoms with Crippen LogP contribution in [0.2, 0.25) is 0 Å². The molecular formula is C16H21N3OS2. The third-order valence-corrected chi connectivity index (χ3v) is 6.46. The Hall–Kier alpha value is -1.40. The van der Waals surface area contributed by atoms with Crippen LogP contribution in [-0.2, 0) is 6.42 Å². The molecule has 2 atom stereocenters. The van der Waals surface area contributed by atoms with E-state index in [2.05, 4.69) is 28.7 Å². The number of aromatic nitrogens is 1. The summed E-state index contributed by atoms with van der Waals surface area (Å²) in [6.45, 7) is 8.93. The van der Waals surface area contributed by atoms with Gasteiger partial charge in [0.1, 0.15) is 0 Å². The van der Waals surface area contributed by atoms with Gasteiger partial charge >= 0.3 is 6.03 Å². The zero-order valence-corrected chi connectivity index (χ0v) is 15.0. The van der Waals surface area contributed by atoms with Gasteiger partial charge in [-0.25, -0.2) is 9.78 Å². The van der Waals surface area contributed by atoms with Crippen molar-refractivity contribution in [3.63, 3.8) is 0 Å². The molecule has 118 valence electrons. The maximum atomic E-state index is 12.6. The van der Waals surface area contributed by atoms with Crippen LogP contribution >= 0.6 is 22.7 Å². The first-order valence-electron chi connectivity index (χ1n) is 7.54. The molecule has 4 nitrogen and oxygen atoms in total. The van der Waals surface area contributed by atoms with E-state index in [1.807, 2.05) is 25.7 Å². The maximum Gasteiger partial charge on any atom is 0.318 e. The highest BCUT2D eigenvalue weighted by Gasteiger charge is 2.29. The molecule has 2 unspecified atom stereocenters. The lowest BCUT2D eigenvalue weighted by atomic mass is 10.0. The number of urea groups is 1. The van der Waals surface area contributed by atoms with Crippen molar-refractivity contribution in [2.75, 3.05) is 6.54 Å². The highest BCUT2D eigenvalue weighted by atomic mass is 32.1. The number of hydrogen-bond acceptors (Lipinski definition) is 4. The Balaban J connectivity index is 1.71. The van der Waals surface area contributed by atoms with Crippen molar-refractivity contribution < 1.29 is 4.79 Å². The van der Waals surface area contributed by atoms with E-state index >= 15 is 0 Å². The molecule has 0 saturated heterocycles. The normalized spacial score (nSPS) is 18.9. The molecule has 2 amide bonds. The van der Waals surface area contributed by atoms with Crippen molar-refractivity contribution in [3.8, 4) is 0 Å². The smallest absolute Gasteiger partial charge is 0.318 e. The zero-order valence-electron chi connectivity index (χ0n) is 13.3. The number of amides is 2. The van der Waals surface area contributed by atoms with Gasteiger partial charge in [0.2, 0.25) is 0 Å². The third-order valence-electron chi connectivity index (χ3n) is 4.21. The van der Waals surface area contributed by atoms with Crippen molar-refractivity contribution in [2.24, 2.45) is 0 Å². The summed E-state index contributed by atoms with van der Waals surface area (Å²) < 4.78 is 0. The minimum atomic E-state index is -0.00484. The summed E-state index contributed by atoms with van der Waals surface area (Å²) >= 11 is 3.45. The number of thiazole rings is 1. The van der Waals surface area contributed by atoms with Crippen LogP contribution in [0.25, 0.3) is 0 Å². The van der Waals surface area contributed by atoms with E-state index in [0.29, 0.717) is 0 Å². The Morgan fingerprint density at radius 3 is 2.95 bits per heavy atom. The first-order chi connectivity index (χ1) is 10.5. The topological polar surface area (TPSA) is 45.2 Å². The van der Waals surface area contributed by atoms with Gasteiger partial charge in [0.05, 0.1) is 22.8 Å². The summed E-state index contributed by atoms with van der Waals surface area (Å²) in [5.41, 5.74) is 2.31. The number of thiophene rings is 1. The minimum Gasteiger partial charge on any atom is -0.331 e. The lowest BCUT2D eigenvalue weighted by Gasteiger charge is -2.34. The number of aryl methyl sites for hydroxylation is 2. The van der Waals surface area contributed by atoms with Crippen molar-refractivity contribution in [1.29, 1.82) is 0 Å². The standard InChI is InChI=1S/C16H21N3OS2/c1-9-15(22-12(4)17-9)10(2)18-16(20)19-7-5-14-13(11(19)3)6-8-21-14/h6,8,10-11H,5,7H2,1-4H3,(H,18,20). The Morgan fingerprint density at radius 2 is 2.27 bits per heavy atom. The average Bonchev–Trinajstić information content (AvgIpc) is 3.05. The Labute approximate surface area is 139 Å². The van der Waals surface area contributed by atoms with Gasteiger partial charge in [0.15, 0.2) is 0 Å². The molecule has 2 aromatic rings. The van der Waals surface area contributed by atoms with Gasteiger partial charge in [-0.15, -0.1) is 22.7 Å². The molecular weight excluding hydrogens is 314 g/mol. The van der Waals surface area contributed by atoms with E-state index in [4.69, 9.17) is 0 Å². The molecule has 0 spiro atoms. The average molecular weight is 335 g/mol. The number of carbonyl (C=O) groups excluding carboxylic acids is 1. The fourth-order valence-corrected chi connectivity index (χ4v) is 4.96. The van der Waals surface area contributed by atoms with Crippen LogP contribution in [0.1, 0.15) is 52.0 Å². The van der Waals surface area contributed by atoms with E-state index in [1.54, 1.807) is 22.7 Å². The summed E-state index contributed by atoms with van der Waals surface area (Å²) in [5.74, 6) is 0. The van der Waals surface area contributed by atoms with Crippen molar-refractivity contribution in [1.82, 2.24) is 15.2 Å². The zero-order chi connectivity index (χ0) is 15.9. The molecule has 1 aliphatic rings. The number of nitrogens with one attached hydrogen (secondary N) is 1. The molecule has 1 aliphatic heterocycles. The fourth-order valence-electron chi connectivity index (χ4n) is 3.07. The van der Waals surface area contributed by atoms with Gasteiger partial charge in [-0.1, -0.05) is 0 Å². The SMILES string of the molecule is Cc1nc(C)c(C(C)NC(=O)N2CCc3sccc3C2C)s1. The molecule has 1 N–H and O–H groups in total. The van der Waals surface area contributed by atoms with Gasteiger partial charge in [0.25, 0.3) is 0 Å². The molecule has 6 heteroatoms. The number of carbonyl (C=O) groups is 1. The van der Waals surface area contributed by atoms with Crippen LogP contribution in [0.5, 0.6) is 0 Å². The molecule has 0 bridgehead atoms. The molecule has 0 radical (unpaired) electrons. The molecule has 3 rings (SSSR count). The second-order valence-corrected chi connectivity index (χ2v) is 8.01. The maximum absolute atomic E-state index is 12.6. The molecule has 0 fully saturated rings. The summed E-state index contributed by atoms with van der Waals surface area (Å²) in [7, 11) is 0. The highest BCUT2D eigenvalue weighted by molar-refractivity contribution is 7.11. The first kappa shape index (κ1) is 15.5. The van der Waals surface area contributed by atoms with Crippen LogP contribution in [0.3, 0.4) is 0 Å². The number of rotatable bonds is 2. The van der Waals surface area contributed by atoms with Gasteiger partial charge in [0, 0.05) is 16.3 Å². The Kier molecular flexibility index (Phi) is 4.23. The quantitative estimate of drug-likeness (QED) is 0.893. The Bertz CT molecular complexity index is 691. The monoisotopic (exact) mass is 335 g/mol. The molecule has 0 aliphatic carbocycles. The number of nitrogens with zero attached hydrogens (tertiary/aromatic N) is 2. The molecule has 3 heterocycles. The van der Waals surface area contributed by atoms with E-state index in [-0.39, 0.29) is 18.1 Å². The second-order valence-electron chi connectivity index (χ2n) is 5.77. The van der Waals surface area contributed by atoms with Crippen molar-refractivity contribution >= 4 is 28.7 Å². The summed E-state index contributed by atoms with van der Waals surface area (Å²) in [5, 5.41) is 6.30. The van der Waals surface area contributed by atoms with E-state index < -0.39 is 0 Å².